The maximum Gasteiger partial charge on any atom is 0.226 e. The third-order valence-electron chi connectivity index (χ3n) is 5.11. The number of hydrogen-bond acceptors (Lipinski definition) is 6. The third kappa shape index (κ3) is 4.88. The Morgan fingerprint density at radius 2 is 1.93 bits per heavy atom. The minimum Gasteiger partial charge on any atom is -0.371 e. The van der Waals surface area contributed by atoms with Gasteiger partial charge in [0.25, 0.3) is 0 Å². The number of thiazole rings is 1. The predicted molar refractivity (Wildman–Crippen MR) is 120 cm³/mol. The molecule has 0 unspecified atom stereocenters. The molecule has 3 aromatic rings. The molecule has 1 amide bonds. The topological polar surface area (TPSA) is 79.4 Å². The molecule has 8 heteroatoms. The molecule has 1 N–H and O–H groups in total. The molecule has 0 saturated heterocycles. The molecule has 2 aromatic carbocycles. The largest absolute Gasteiger partial charge is 0.371 e. The molecule has 6 nitrogen and oxygen atoms in total. The minimum absolute atomic E-state index is 0.0866. The Kier molecular flexibility index (Phi) is 6.15. The second-order valence-electron chi connectivity index (χ2n) is 7.23. The van der Waals surface area contributed by atoms with E-state index in [4.69, 9.17) is 0 Å². The first-order valence-corrected chi connectivity index (χ1v) is 12.4. The van der Waals surface area contributed by atoms with Crippen LogP contribution in [0.4, 0.5) is 11.4 Å². The number of nitrogens with zero attached hydrogens (tertiary/aromatic N) is 2. The van der Waals surface area contributed by atoms with E-state index in [1.54, 1.807) is 23.7 Å². The average molecular weight is 442 g/mol. The SMILES string of the molecule is O=C(CCN1CCCc2ccccc21)Nc1ccc(S(=O)(=O)Cc2nccs2)cc1. The van der Waals surface area contributed by atoms with Crippen LogP contribution in [-0.2, 0) is 26.8 Å². The third-order valence-corrected chi connectivity index (χ3v) is 7.72. The minimum atomic E-state index is -3.45. The highest BCUT2D eigenvalue weighted by Gasteiger charge is 2.18. The van der Waals surface area contributed by atoms with E-state index in [2.05, 4.69) is 33.4 Å². The number of carbonyl (C=O) groups excluding carboxylic acids is 1. The van der Waals surface area contributed by atoms with Crippen molar-refractivity contribution in [3.63, 3.8) is 0 Å². The van der Waals surface area contributed by atoms with Crippen molar-refractivity contribution in [2.75, 3.05) is 23.3 Å². The summed E-state index contributed by atoms with van der Waals surface area (Å²) in [5, 5.41) is 5.18. The number of amides is 1. The molecule has 4 rings (SSSR count). The maximum atomic E-state index is 12.5. The molecule has 0 spiro atoms. The fraction of sp³-hybridized carbons (Fsp3) is 0.273. The van der Waals surface area contributed by atoms with Gasteiger partial charge in [0.2, 0.25) is 5.91 Å². The van der Waals surface area contributed by atoms with E-state index in [1.165, 1.54) is 34.7 Å². The second-order valence-corrected chi connectivity index (χ2v) is 10.2. The van der Waals surface area contributed by atoms with Crippen LogP contribution in [0.15, 0.2) is 65.0 Å². The van der Waals surface area contributed by atoms with Crippen LogP contribution in [0.5, 0.6) is 0 Å². The summed E-state index contributed by atoms with van der Waals surface area (Å²) in [4.78, 5) is 18.9. The molecular weight excluding hydrogens is 418 g/mol. The number of para-hydroxylation sites is 1. The lowest BCUT2D eigenvalue weighted by molar-refractivity contribution is -0.116. The molecule has 0 bridgehead atoms. The highest BCUT2D eigenvalue weighted by molar-refractivity contribution is 7.90. The summed E-state index contributed by atoms with van der Waals surface area (Å²) in [6.07, 6.45) is 4.14. The van der Waals surface area contributed by atoms with Gasteiger partial charge in [-0.1, -0.05) is 18.2 Å². The fourth-order valence-corrected chi connectivity index (χ4v) is 5.87. The standard InChI is InChI=1S/C22H23N3O3S2/c26-21(11-14-25-13-3-5-17-4-1-2-6-20(17)25)24-18-7-9-19(10-8-18)30(27,28)16-22-23-12-15-29-22/h1-2,4,6-10,12,15H,3,5,11,13-14,16H2,(H,24,26). The summed E-state index contributed by atoms with van der Waals surface area (Å²) >= 11 is 1.32. The van der Waals surface area contributed by atoms with Gasteiger partial charge in [-0.2, -0.15) is 0 Å². The molecule has 0 radical (unpaired) electrons. The van der Waals surface area contributed by atoms with Crippen molar-refractivity contribution in [1.82, 2.24) is 4.98 Å². The molecule has 1 aliphatic heterocycles. The molecule has 30 heavy (non-hydrogen) atoms. The Bertz CT molecular complexity index is 1110. The van der Waals surface area contributed by atoms with Crippen LogP contribution in [-0.4, -0.2) is 32.4 Å². The van der Waals surface area contributed by atoms with Gasteiger partial charge >= 0.3 is 0 Å². The molecule has 156 valence electrons. The van der Waals surface area contributed by atoms with E-state index >= 15 is 0 Å². The van der Waals surface area contributed by atoms with Crippen LogP contribution in [0.1, 0.15) is 23.4 Å². The Morgan fingerprint density at radius 1 is 1.13 bits per heavy atom. The van der Waals surface area contributed by atoms with Gasteiger partial charge < -0.3 is 10.2 Å². The van der Waals surface area contributed by atoms with E-state index in [0.29, 0.717) is 23.7 Å². The normalized spacial score (nSPS) is 13.7. The number of aromatic nitrogens is 1. The van der Waals surface area contributed by atoms with Gasteiger partial charge in [0.1, 0.15) is 10.8 Å². The molecular formula is C22H23N3O3S2. The smallest absolute Gasteiger partial charge is 0.226 e. The number of anilines is 2. The van der Waals surface area contributed by atoms with Crippen LogP contribution in [0.2, 0.25) is 0 Å². The van der Waals surface area contributed by atoms with Crippen LogP contribution in [0, 0.1) is 0 Å². The van der Waals surface area contributed by atoms with Crippen molar-refractivity contribution in [1.29, 1.82) is 0 Å². The lowest BCUT2D eigenvalue weighted by atomic mass is 10.0. The summed E-state index contributed by atoms with van der Waals surface area (Å²) in [6.45, 7) is 1.61. The summed E-state index contributed by atoms with van der Waals surface area (Å²) in [5.74, 6) is -0.204. The van der Waals surface area contributed by atoms with E-state index in [-0.39, 0.29) is 16.6 Å². The molecule has 0 atom stereocenters. The number of hydrogen-bond donors (Lipinski definition) is 1. The van der Waals surface area contributed by atoms with Crippen molar-refractivity contribution in [2.45, 2.75) is 29.9 Å². The Labute approximate surface area is 180 Å². The predicted octanol–water partition coefficient (Wildman–Crippen LogP) is 3.90. The first-order chi connectivity index (χ1) is 14.5. The Morgan fingerprint density at radius 3 is 2.70 bits per heavy atom. The van der Waals surface area contributed by atoms with Crippen LogP contribution >= 0.6 is 11.3 Å². The summed E-state index contributed by atoms with van der Waals surface area (Å²) in [7, 11) is -3.45. The second kappa shape index (κ2) is 8.97. The van der Waals surface area contributed by atoms with E-state index < -0.39 is 9.84 Å². The molecule has 1 aromatic heterocycles. The highest BCUT2D eigenvalue weighted by Crippen LogP contribution is 2.26. The number of aryl methyl sites for hydroxylation is 1. The van der Waals surface area contributed by atoms with Gasteiger partial charge in [-0.05, 0) is 48.7 Å². The van der Waals surface area contributed by atoms with Gasteiger partial charge in [-0.15, -0.1) is 11.3 Å². The van der Waals surface area contributed by atoms with Gasteiger partial charge in [0.15, 0.2) is 9.84 Å². The summed E-state index contributed by atoms with van der Waals surface area (Å²) < 4.78 is 25.0. The van der Waals surface area contributed by atoms with E-state index in [1.807, 2.05) is 6.07 Å². The zero-order valence-electron chi connectivity index (χ0n) is 16.5. The molecule has 2 heterocycles. The summed E-state index contributed by atoms with van der Waals surface area (Å²) in [5.41, 5.74) is 3.14. The highest BCUT2D eigenvalue weighted by atomic mass is 32.2. The van der Waals surface area contributed by atoms with Crippen LogP contribution in [0.3, 0.4) is 0 Å². The summed E-state index contributed by atoms with van der Waals surface area (Å²) in [6, 6.07) is 14.6. The molecule has 0 saturated carbocycles. The van der Waals surface area contributed by atoms with E-state index in [0.717, 1.165) is 19.4 Å². The zero-order valence-corrected chi connectivity index (χ0v) is 18.1. The number of sulfone groups is 1. The van der Waals surface area contributed by atoms with Crippen LogP contribution in [0.25, 0.3) is 0 Å². The Hall–Kier alpha value is -2.71. The van der Waals surface area contributed by atoms with E-state index in [9.17, 15) is 13.2 Å². The zero-order chi connectivity index (χ0) is 21.0. The number of nitrogens with one attached hydrogen (secondary N) is 1. The monoisotopic (exact) mass is 441 g/mol. The van der Waals surface area contributed by atoms with Crippen LogP contribution < -0.4 is 10.2 Å². The lowest BCUT2D eigenvalue weighted by Gasteiger charge is -2.31. The molecule has 0 aliphatic carbocycles. The van der Waals surface area contributed by atoms with Crippen molar-refractivity contribution < 1.29 is 13.2 Å². The molecule has 1 aliphatic rings. The van der Waals surface area contributed by atoms with Crippen molar-refractivity contribution in [3.8, 4) is 0 Å². The van der Waals surface area contributed by atoms with Crippen molar-refractivity contribution >= 4 is 38.5 Å². The van der Waals surface area contributed by atoms with Gasteiger partial charge in [0.05, 0.1) is 4.90 Å². The van der Waals surface area contributed by atoms with Gasteiger partial charge in [-0.3, -0.25) is 4.79 Å². The van der Waals surface area contributed by atoms with Gasteiger partial charge in [0, 0.05) is 42.5 Å². The van der Waals surface area contributed by atoms with Gasteiger partial charge in [-0.25, -0.2) is 13.4 Å². The number of carbonyl (C=O) groups is 1. The number of benzene rings is 2. The fourth-order valence-electron chi connectivity index (χ4n) is 3.62. The number of fused-ring (bicyclic) bond motifs is 1. The van der Waals surface area contributed by atoms with Crippen molar-refractivity contribution in [2.24, 2.45) is 0 Å². The first kappa shape index (κ1) is 20.6. The average Bonchev–Trinajstić information content (AvgIpc) is 3.25. The first-order valence-electron chi connectivity index (χ1n) is 9.85. The quantitative estimate of drug-likeness (QED) is 0.602. The molecule has 0 fully saturated rings. The lowest BCUT2D eigenvalue weighted by Crippen LogP contribution is -2.32. The van der Waals surface area contributed by atoms with Crippen molar-refractivity contribution in [3.05, 3.63) is 70.7 Å². The maximum absolute atomic E-state index is 12.5. The number of rotatable bonds is 7. The Balaban J connectivity index is 1.33.